The Morgan fingerprint density at radius 1 is 1.15 bits per heavy atom. The molecule has 26 heavy (non-hydrogen) atoms. The first-order valence-electron chi connectivity index (χ1n) is 7.89. The number of methoxy groups -OCH3 is 2. The first-order valence-corrected chi connectivity index (χ1v) is 10.1. The fraction of sp³-hybridized carbons (Fsp3) is 0.278. The van der Waals surface area contributed by atoms with E-state index in [2.05, 4.69) is 5.10 Å². The molecule has 0 spiro atoms. The van der Waals surface area contributed by atoms with Crippen LogP contribution in [0.5, 0.6) is 11.5 Å². The lowest BCUT2D eigenvalue weighted by molar-refractivity contribution is 0.375. The van der Waals surface area contributed by atoms with Crippen LogP contribution in [-0.2, 0) is 10.0 Å². The zero-order chi connectivity index (χ0) is 18.9. The van der Waals surface area contributed by atoms with Crippen LogP contribution in [0.2, 0.25) is 5.02 Å². The Labute approximate surface area is 158 Å². The van der Waals surface area contributed by atoms with Gasteiger partial charge in [-0.25, -0.2) is 8.42 Å². The third-order valence-electron chi connectivity index (χ3n) is 4.20. The van der Waals surface area contributed by atoms with Crippen molar-refractivity contribution in [1.82, 2.24) is 4.41 Å². The molecule has 0 N–H and O–H groups in total. The molecule has 0 saturated heterocycles. The molecule has 0 aliphatic carbocycles. The Morgan fingerprint density at radius 3 is 2.50 bits per heavy atom. The van der Waals surface area contributed by atoms with Gasteiger partial charge in [0.05, 0.1) is 32.2 Å². The summed E-state index contributed by atoms with van der Waals surface area (Å²) in [4.78, 5) is 0. The Kier molecular flexibility index (Phi) is 5.11. The molecular weight excluding hydrogens is 376 g/mol. The lowest BCUT2D eigenvalue weighted by Crippen LogP contribution is -2.26. The van der Waals surface area contributed by atoms with Gasteiger partial charge in [0.1, 0.15) is 11.5 Å². The smallest absolute Gasteiger partial charge is 0.247 e. The molecule has 2 aromatic rings. The number of hydrogen-bond acceptors (Lipinski definition) is 5. The van der Waals surface area contributed by atoms with Gasteiger partial charge in [-0.15, -0.1) is 0 Å². The van der Waals surface area contributed by atoms with Crippen LogP contribution in [0.3, 0.4) is 0 Å². The second-order valence-corrected chi connectivity index (χ2v) is 8.14. The van der Waals surface area contributed by atoms with Gasteiger partial charge >= 0.3 is 0 Å². The monoisotopic (exact) mass is 394 g/mol. The minimum Gasteiger partial charge on any atom is -0.497 e. The summed E-state index contributed by atoms with van der Waals surface area (Å²) in [5, 5.41) is 4.88. The first kappa shape index (κ1) is 18.5. The SMILES string of the molecule is COc1ccc(C2=NN(S(C)(=O)=O)C(c3ccccc3Cl)C2)c(OC)c1. The van der Waals surface area contributed by atoms with Crippen molar-refractivity contribution in [1.29, 1.82) is 0 Å². The van der Waals surface area contributed by atoms with E-state index in [0.29, 0.717) is 34.2 Å². The van der Waals surface area contributed by atoms with Gasteiger partial charge < -0.3 is 9.47 Å². The molecule has 0 radical (unpaired) electrons. The third-order valence-corrected chi connectivity index (χ3v) is 5.56. The van der Waals surface area contributed by atoms with Gasteiger partial charge in [-0.2, -0.15) is 9.52 Å². The van der Waals surface area contributed by atoms with Crippen molar-refractivity contribution in [3.8, 4) is 11.5 Å². The Morgan fingerprint density at radius 2 is 1.88 bits per heavy atom. The van der Waals surface area contributed by atoms with Crippen molar-refractivity contribution in [3.05, 3.63) is 58.6 Å². The summed E-state index contributed by atoms with van der Waals surface area (Å²) < 4.78 is 36.3. The summed E-state index contributed by atoms with van der Waals surface area (Å²) in [5.74, 6) is 1.21. The van der Waals surface area contributed by atoms with Crippen molar-refractivity contribution in [3.63, 3.8) is 0 Å². The predicted octanol–water partition coefficient (Wildman–Crippen LogP) is 3.47. The molecule has 1 aliphatic heterocycles. The van der Waals surface area contributed by atoms with E-state index in [9.17, 15) is 8.42 Å². The Balaban J connectivity index is 2.07. The Hall–Kier alpha value is -2.25. The molecule has 0 saturated carbocycles. The molecule has 1 unspecified atom stereocenters. The van der Waals surface area contributed by atoms with Gasteiger partial charge in [0.15, 0.2) is 0 Å². The molecule has 8 heteroatoms. The van der Waals surface area contributed by atoms with Gasteiger partial charge in [0.2, 0.25) is 10.0 Å². The van der Waals surface area contributed by atoms with Crippen LogP contribution >= 0.6 is 11.6 Å². The Bertz CT molecular complexity index is 959. The highest BCUT2D eigenvalue weighted by molar-refractivity contribution is 7.88. The topological polar surface area (TPSA) is 68.2 Å². The molecule has 0 amide bonds. The standard InChI is InChI=1S/C18H19ClN2O4S/c1-24-12-8-9-14(18(10-12)25-2)16-11-17(21(20-16)26(3,22)23)13-6-4-5-7-15(13)19/h4-10,17H,11H2,1-3H3. The number of hydrazone groups is 1. The fourth-order valence-electron chi connectivity index (χ4n) is 2.97. The van der Waals surface area contributed by atoms with E-state index in [-0.39, 0.29) is 0 Å². The molecule has 3 rings (SSSR count). The van der Waals surface area contributed by atoms with E-state index >= 15 is 0 Å². The van der Waals surface area contributed by atoms with Crippen LogP contribution in [0.1, 0.15) is 23.6 Å². The van der Waals surface area contributed by atoms with Crippen molar-refractivity contribution in [2.24, 2.45) is 5.10 Å². The summed E-state index contributed by atoms with van der Waals surface area (Å²) in [6.07, 6.45) is 1.52. The number of rotatable bonds is 5. The zero-order valence-electron chi connectivity index (χ0n) is 14.6. The van der Waals surface area contributed by atoms with Crippen LogP contribution in [0.4, 0.5) is 0 Å². The van der Waals surface area contributed by atoms with E-state index in [0.717, 1.165) is 16.2 Å². The van der Waals surface area contributed by atoms with E-state index in [1.54, 1.807) is 38.5 Å². The summed E-state index contributed by atoms with van der Waals surface area (Å²) in [5.41, 5.74) is 2.04. The molecular formula is C18H19ClN2O4S. The minimum absolute atomic E-state index is 0.388. The van der Waals surface area contributed by atoms with Crippen LogP contribution in [0.15, 0.2) is 47.6 Å². The van der Waals surface area contributed by atoms with Crippen LogP contribution < -0.4 is 9.47 Å². The van der Waals surface area contributed by atoms with E-state index < -0.39 is 16.1 Å². The fourth-order valence-corrected chi connectivity index (χ4v) is 4.13. The van der Waals surface area contributed by atoms with Crippen LogP contribution in [0.25, 0.3) is 0 Å². The largest absolute Gasteiger partial charge is 0.497 e. The van der Waals surface area contributed by atoms with Crippen molar-refractivity contribution >= 4 is 27.3 Å². The first-order chi connectivity index (χ1) is 12.3. The summed E-state index contributed by atoms with van der Waals surface area (Å²) in [6.45, 7) is 0. The number of benzene rings is 2. The van der Waals surface area contributed by atoms with Crippen LogP contribution in [-0.4, -0.2) is 39.0 Å². The minimum atomic E-state index is -3.57. The number of halogens is 1. The second kappa shape index (κ2) is 7.17. The lowest BCUT2D eigenvalue weighted by Gasteiger charge is -2.22. The molecule has 2 aromatic carbocycles. The molecule has 6 nitrogen and oxygen atoms in total. The van der Waals surface area contributed by atoms with Gasteiger partial charge in [-0.3, -0.25) is 0 Å². The molecule has 1 heterocycles. The number of sulfonamides is 1. The van der Waals surface area contributed by atoms with E-state index in [1.165, 1.54) is 0 Å². The number of nitrogens with zero attached hydrogens (tertiary/aromatic N) is 2. The van der Waals surface area contributed by atoms with Crippen molar-refractivity contribution in [2.75, 3.05) is 20.5 Å². The van der Waals surface area contributed by atoms with Gasteiger partial charge in [-0.05, 0) is 23.8 Å². The molecule has 1 atom stereocenters. The van der Waals surface area contributed by atoms with Crippen molar-refractivity contribution in [2.45, 2.75) is 12.5 Å². The summed E-state index contributed by atoms with van der Waals surface area (Å²) in [7, 11) is -0.449. The summed E-state index contributed by atoms with van der Waals surface area (Å²) >= 11 is 6.30. The lowest BCUT2D eigenvalue weighted by atomic mass is 9.98. The maximum atomic E-state index is 12.3. The van der Waals surface area contributed by atoms with E-state index in [4.69, 9.17) is 21.1 Å². The third kappa shape index (κ3) is 3.50. The molecule has 0 fully saturated rings. The van der Waals surface area contributed by atoms with Gasteiger partial charge in [0.25, 0.3) is 0 Å². The van der Waals surface area contributed by atoms with Crippen LogP contribution in [0, 0.1) is 0 Å². The van der Waals surface area contributed by atoms with E-state index in [1.807, 2.05) is 18.2 Å². The average molecular weight is 395 g/mol. The number of hydrogen-bond donors (Lipinski definition) is 0. The molecule has 138 valence electrons. The van der Waals surface area contributed by atoms with Crippen molar-refractivity contribution < 1.29 is 17.9 Å². The molecule has 1 aliphatic rings. The normalized spacial score (nSPS) is 17.2. The highest BCUT2D eigenvalue weighted by Gasteiger charge is 2.36. The maximum Gasteiger partial charge on any atom is 0.247 e. The average Bonchev–Trinajstić information content (AvgIpc) is 3.06. The highest BCUT2D eigenvalue weighted by Crippen LogP contribution is 2.39. The van der Waals surface area contributed by atoms with Gasteiger partial charge in [-0.1, -0.05) is 29.8 Å². The predicted molar refractivity (Wildman–Crippen MR) is 102 cm³/mol. The zero-order valence-corrected chi connectivity index (χ0v) is 16.2. The molecule has 0 bridgehead atoms. The maximum absolute atomic E-state index is 12.3. The number of ether oxygens (including phenoxy) is 2. The second-order valence-electron chi connectivity index (χ2n) is 5.89. The molecule has 0 aromatic heterocycles. The quantitative estimate of drug-likeness (QED) is 0.778. The summed E-state index contributed by atoms with van der Waals surface area (Å²) in [6, 6.07) is 12.0. The highest BCUT2D eigenvalue weighted by atomic mass is 35.5. The van der Waals surface area contributed by atoms with Gasteiger partial charge in [0, 0.05) is 23.1 Å².